The molecule has 0 N–H and O–H groups in total. The van der Waals surface area contributed by atoms with Gasteiger partial charge in [0.05, 0.1) is 0 Å². The number of rotatable bonds is 3. The molecule has 0 atom stereocenters. The largest absolute Gasteiger partial charge is 0.354 e. The predicted molar refractivity (Wildman–Crippen MR) is 77.4 cm³/mol. The Morgan fingerprint density at radius 2 is 1.80 bits per heavy atom. The van der Waals surface area contributed by atoms with Gasteiger partial charge in [-0.3, -0.25) is 0 Å². The number of aromatic nitrogens is 2. The SMILES string of the molecule is N#Cc1nccnc1N1CCC(CN2CCCC2)CC1. The van der Waals surface area contributed by atoms with Crippen molar-refractivity contribution >= 4 is 5.82 Å². The normalized spacial score (nSPS) is 21.1. The Morgan fingerprint density at radius 3 is 2.50 bits per heavy atom. The van der Waals surface area contributed by atoms with Gasteiger partial charge in [-0.2, -0.15) is 5.26 Å². The molecule has 1 aromatic heterocycles. The van der Waals surface area contributed by atoms with E-state index in [4.69, 9.17) is 5.26 Å². The van der Waals surface area contributed by atoms with Crippen molar-refractivity contribution in [2.75, 3.05) is 37.6 Å². The highest BCUT2D eigenvalue weighted by atomic mass is 15.2. The van der Waals surface area contributed by atoms with Gasteiger partial charge in [-0.25, -0.2) is 9.97 Å². The van der Waals surface area contributed by atoms with Crippen molar-refractivity contribution in [2.24, 2.45) is 5.92 Å². The van der Waals surface area contributed by atoms with E-state index < -0.39 is 0 Å². The van der Waals surface area contributed by atoms with E-state index in [9.17, 15) is 0 Å². The topological polar surface area (TPSA) is 56.1 Å². The minimum Gasteiger partial charge on any atom is -0.354 e. The second kappa shape index (κ2) is 6.19. The Bertz CT molecular complexity index is 481. The van der Waals surface area contributed by atoms with Crippen molar-refractivity contribution in [2.45, 2.75) is 25.7 Å². The maximum atomic E-state index is 9.10. The van der Waals surface area contributed by atoms with Crippen molar-refractivity contribution in [1.29, 1.82) is 5.26 Å². The monoisotopic (exact) mass is 271 g/mol. The van der Waals surface area contributed by atoms with Crippen molar-refractivity contribution in [3.63, 3.8) is 0 Å². The van der Waals surface area contributed by atoms with Gasteiger partial charge in [-0.05, 0) is 44.7 Å². The number of piperidine rings is 1. The van der Waals surface area contributed by atoms with Crippen LogP contribution in [0.5, 0.6) is 0 Å². The number of hydrogen-bond donors (Lipinski definition) is 0. The Balaban J connectivity index is 1.56. The van der Waals surface area contributed by atoms with Crippen LogP contribution in [0.1, 0.15) is 31.4 Å². The van der Waals surface area contributed by atoms with Crippen molar-refractivity contribution < 1.29 is 0 Å². The molecule has 0 amide bonds. The van der Waals surface area contributed by atoms with E-state index in [1.165, 1.54) is 45.3 Å². The summed E-state index contributed by atoms with van der Waals surface area (Å²) in [6.07, 6.45) is 8.37. The van der Waals surface area contributed by atoms with E-state index in [2.05, 4.69) is 25.8 Å². The molecule has 2 aliphatic heterocycles. The highest BCUT2D eigenvalue weighted by Crippen LogP contribution is 2.24. The van der Waals surface area contributed by atoms with Gasteiger partial charge in [0.15, 0.2) is 11.5 Å². The Kier molecular flexibility index (Phi) is 4.12. The molecule has 0 spiro atoms. The summed E-state index contributed by atoms with van der Waals surface area (Å²) in [6, 6.07) is 2.14. The molecule has 3 heterocycles. The second-order valence-corrected chi connectivity index (χ2v) is 5.78. The molecule has 0 saturated carbocycles. The lowest BCUT2D eigenvalue weighted by molar-refractivity contribution is 0.249. The first-order valence-corrected chi connectivity index (χ1v) is 7.55. The molecule has 0 unspecified atom stereocenters. The first kappa shape index (κ1) is 13.3. The molecule has 0 aromatic carbocycles. The van der Waals surface area contributed by atoms with Crippen LogP contribution >= 0.6 is 0 Å². The fourth-order valence-electron chi connectivity index (χ4n) is 3.30. The molecule has 0 radical (unpaired) electrons. The summed E-state index contributed by atoms with van der Waals surface area (Å²) in [5.41, 5.74) is 0.450. The first-order valence-electron chi connectivity index (χ1n) is 7.55. The van der Waals surface area contributed by atoms with Crippen LogP contribution in [0.25, 0.3) is 0 Å². The van der Waals surface area contributed by atoms with Gasteiger partial charge in [0.2, 0.25) is 0 Å². The minimum absolute atomic E-state index is 0.450. The van der Waals surface area contributed by atoms with Gasteiger partial charge >= 0.3 is 0 Å². The van der Waals surface area contributed by atoms with Crippen LogP contribution in [0.2, 0.25) is 0 Å². The first-order chi connectivity index (χ1) is 9.86. The summed E-state index contributed by atoms with van der Waals surface area (Å²) in [4.78, 5) is 13.2. The number of anilines is 1. The zero-order valence-corrected chi connectivity index (χ0v) is 11.8. The Morgan fingerprint density at radius 1 is 1.10 bits per heavy atom. The van der Waals surface area contributed by atoms with Crippen molar-refractivity contribution in [1.82, 2.24) is 14.9 Å². The number of nitrogens with zero attached hydrogens (tertiary/aromatic N) is 5. The van der Waals surface area contributed by atoms with Gasteiger partial charge in [-0.1, -0.05) is 0 Å². The standard InChI is InChI=1S/C15H21N5/c16-11-14-15(18-6-5-17-14)20-9-3-13(4-10-20)12-19-7-1-2-8-19/h5-6,13H,1-4,7-10,12H2. The lowest BCUT2D eigenvalue weighted by Crippen LogP contribution is -2.38. The quantitative estimate of drug-likeness (QED) is 0.837. The van der Waals surface area contributed by atoms with Gasteiger partial charge in [0.25, 0.3) is 0 Å². The minimum atomic E-state index is 0.450. The van der Waals surface area contributed by atoms with Gasteiger partial charge in [0, 0.05) is 32.0 Å². The number of hydrogen-bond acceptors (Lipinski definition) is 5. The smallest absolute Gasteiger partial charge is 0.183 e. The van der Waals surface area contributed by atoms with E-state index in [-0.39, 0.29) is 0 Å². The Labute approximate surface area is 120 Å². The third-order valence-corrected chi connectivity index (χ3v) is 4.41. The molecule has 1 aromatic rings. The summed E-state index contributed by atoms with van der Waals surface area (Å²) in [7, 11) is 0. The fourth-order valence-corrected chi connectivity index (χ4v) is 3.30. The van der Waals surface area contributed by atoms with Crippen molar-refractivity contribution in [3.8, 4) is 6.07 Å². The average Bonchev–Trinajstić information content (AvgIpc) is 3.01. The molecule has 2 saturated heterocycles. The maximum Gasteiger partial charge on any atom is 0.183 e. The summed E-state index contributed by atoms with van der Waals surface area (Å²) in [6.45, 7) is 5.79. The lowest BCUT2D eigenvalue weighted by atomic mass is 9.96. The molecule has 5 nitrogen and oxygen atoms in total. The number of nitriles is 1. The Hall–Kier alpha value is -1.67. The highest BCUT2D eigenvalue weighted by molar-refractivity contribution is 5.49. The van der Waals surface area contributed by atoms with E-state index >= 15 is 0 Å². The summed E-state index contributed by atoms with van der Waals surface area (Å²) >= 11 is 0. The summed E-state index contributed by atoms with van der Waals surface area (Å²) in [5.74, 6) is 1.56. The van der Waals surface area contributed by atoms with E-state index in [0.29, 0.717) is 5.69 Å². The van der Waals surface area contributed by atoms with E-state index in [0.717, 1.165) is 24.8 Å². The second-order valence-electron chi connectivity index (χ2n) is 5.78. The van der Waals surface area contributed by atoms with Crippen LogP contribution in [0, 0.1) is 17.2 Å². The van der Waals surface area contributed by atoms with Crippen LogP contribution in [0.15, 0.2) is 12.4 Å². The lowest BCUT2D eigenvalue weighted by Gasteiger charge is -2.34. The van der Waals surface area contributed by atoms with Crippen molar-refractivity contribution in [3.05, 3.63) is 18.1 Å². The van der Waals surface area contributed by atoms with Crippen LogP contribution < -0.4 is 4.90 Å². The average molecular weight is 271 g/mol. The predicted octanol–water partition coefficient (Wildman–Crippen LogP) is 1.66. The zero-order valence-electron chi connectivity index (χ0n) is 11.8. The maximum absolute atomic E-state index is 9.10. The molecule has 2 aliphatic rings. The number of likely N-dealkylation sites (tertiary alicyclic amines) is 1. The molecule has 0 aliphatic carbocycles. The molecule has 2 fully saturated rings. The van der Waals surface area contributed by atoms with Crippen LogP contribution in [0.3, 0.4) is 0 Å². The van der Waals surface area contributed by atoms with Gasteiger partial charge in [0.1, 0.15) is 6.07 Å². The van der Waals surface area contributed by atoms with E-state index in [1.54, 1.807) is 12.4 Å². The molecule has 0 bridgehead atoms. The van der Waals surface area contributed by atoms with Crippen LogP contribution in [-0.2, 0) is 0 Å². The third kappa shape index (κ3) is 2.91. The van der Waals surface area contributed by atoms with Gasteiger partial charge in [-0.15, -0.1) is 0 Å². The van der Waals surface area contributed by atoms with Crippen LogP contribution in [-0.4, -0.2) is 47.6 Å². The third-order valence-electron chi connectivity index (χ3n) is 4.41. The molecular weight excluding hydrogens is 250 g/mol. The highest BCUT2D eigenvalue weighted by Gasteiger charge is 2.24. The fraction of sp³-hybridized carbons (Fsp3) is 0.667. The summed E-state index contributed by atoms with van der Waals surface area (Å²) < 4.78 is 0. The van der Waals surface area contributed by atoms with Gasteiger partial charge < -0.3 is 9.80 Å². The molecule has 3 rings (SSSR count). The van der Waals surface area contributed by atoms with Crippen LogP contribution in [0.4, 0.5) is 5.82 Å². The zero-order chi connectivity index (χ0) is 13.8. The van der Waals surface area contributed by atoms with E-state index in [1.807, 2.05) is 0 Å². The molecule has 5 heteroatoms. The molecule has 20 heavy (non-hydrogen) atoms. The molecular formula is C15H21N5. The molecule has 106 valence electrons. The summed E-state index contributed by atoms with van der Waals surface area (Å²) in [5, 5.41) is 9.10.